The van der Waals surface area contributed by atoms with Crippen molar-refractivity contribution < 1.29 is 18.0 Å². The zero-order chi connectivity index (χ0) is 21.7. The van der Waals surface area contributed by atoms with Crippen molar-refractivity contribution in [2.24, 2.45) is 5.92 Å². The van der Waals surface area contributed by atoms with Crippen LogP contribution in [0, 0.1) is 5.92 Å². The largest absolute Gasteiger partial charge is 0.338 e. The maximum Gasteiger partial charge on any atom is 0.253 e. The predicted molar refractivity (Wildman–Crippen MR) is 116 cm³/mol. The number of benzene rings is 1. The van der Waals surface area contributed by atoms with Crippen molar-refractivity contribution in [1.82, 2.24) is 14.6 Å². The van der Waals surface area contributed by atoms with Gasteiger partial charge in [-0.1, -0.05) is 6.92 Å². The van der Waals surface area contributed by atoms with Crippen LogP contribution in [0.15, 0.2) is 40.7 Å². The Kier molecular flexibility index (Phi) is 7.22. The third kappa shape index (κ3) is 5.44. The summed E-state index contributed by atoms with van der Waals surface area (Å²) in [6.07, 6.45) is 3.74. The Morgan fingerprint density at radius 2 is 2.03 bits per heavy atom. The molecule has 1 fully saturated rings. The molecule has 0 spiro atoms. The summed E-state index contributed by atoms with van der Waals surface area (Å²) in [5, 5.41) is 5.13. The summed E-state index contributed by atoms with van der Waals surface area (Å²) in [6, 6.07) is 5.75. The minimum absolute atomic E-state index is 0.124. The molecule has 0 bridgehead atoms. The second-order valence-electron chi connectivity index (χ2n) is 7.37. The minimum atomic E-state index is -3.62. The zero-order valence-corrected chi connectivity index (χ0v) is 18.6. The number of hydrogen-bond acceptors (Lipinski definition) is 6. The van der Waals surface area contributed by atoms with Gasteiger partial charge in [0.05, 0.1) is 10.8 Å². The third-order valence-corrected chi connectivity index (χ3v) is 7.42. The summed E-state index contributed by atoms with van der Waals surface area (Å²) in [4.78, 5) is 31.2. The van der Waals surface area contributed by atoms with E-state index in [-0.39, 0.29) is 28.7 Å². The van der Waals surface area contributed by atoms with Crippen LogP contribution in [0.2, 0.25) is 0 Å². The van der Waals surface area contributed by atoms with Gasteiger partial charge in [-0.3, -0.25) is 9.59 Å². The summed E-state index contributed by atoms with van der Waals surface area (Å²) in [5.41, 5.74) is 0.401. The van der Waals surface area contributed by atoms with Gasteiger partial charge >= 0.3 is 0 Å². The van der Waals surface area contributed by atoms with Gasteiger partial charge in [-0.15, -0.1) is 11.3 Å². The maximum atomic E-state index is 12.9. The average Bonchev–Trinajstić information content (AvgIpc) is 3.26. The fraction of sp³-hybridized carbons (Fsp3) is 0.450. The van der Waals surface area contributed by atoms with E-state index in [2.05, 4.69) is 15.0 Å². The van der Waals surface area contributed by atoms with E-state index in [0.717, 1.165) is 6.42 Å². The molecular formula is C20H26N4O4S2. The molecule has 10 heteroatoms. The van der Waals surface area contributed by atoms with Gasteiger partial charge in [0.1, 0.15) is 0 Å². The van der Waals surface area contributed by atoms with Crippen LogP contribution in [0.3, 0.4) is 0 Å². The lowest BCUT2D eigenvalue weighted by Crippen LogP contribution is -2.43. The van der Waals surface area contributed by atoms with Gasteiger partial charge in [-0.25, -0.2) is 18.1 Å². The van der Waals surface area contributed by atoms with Crippen LogP contribution >= 0.6 is 11.3 Å². The van der Waals surface area contributed by atoms with E-state index >= 15 is 0 Å². The lowest BCUT2D eigenvalue weighted by molar-refractivity contribution is -0.121. The molecule has 162 valence electrons. The highest BCUT2D eigenvalue weighted by atomic mass is 32.2. The molecule has 1 saturated heterocycles. The molecule has 2 heterocycles. The van der Waals surface area contributed by atoms with Gasteiger partial charge in [0, 0.05) is 36.3 Å². The molecule has 1 aromatic heterocycles. The molecule has 0 radical (unpaired) electrons. The first kappa shape index (κ1) is 22.4. The monoisotopic (exact) mass is 450 g/mol. The number of likely N-dealkylation sites (tertiary alicyclic amines) is 1. The molecule has 0 saturated carbocycles. The van der Waals surface area contributed by atoms with Crippen molar-refractivity contribution in [2.45, 2.75) is 44.0 Å². The Bertz CT molecular complexity index is 975. The first-order chi connectivity index (χ1) is 14.3. The second-order valence-corrected chi connectivity index (χ2v) is 9.98. The quantitative estimate of drug-likeness (QED) is 0.674. The summed E-state index contributed by atoms with van der Waals surface area (Å²) in [7, 11) is -3.62. The summed E-state index contributed by atoms with van der Waals surface area (Å²) in [5.74, 6) is -0.647. The highest BCUT2D eigenvalue weighted by Gasteiger charge is 2.29. The Morgan fingerprint density at radius 1 is 1.30 bits per heavy atom. The molecule has 2 aromatic rings. The van der Waals surface area contributed by atoms with Crippen LogP contribution in [0.4, 0.5) is 5.13 Å². The minimum Gasteiger partial charge on any atom is -0.338 e. The molecule has 3 rings (SSSR count). The van der Waals surface area contributed by atoms with Crippen LogP contribution < -0.4 is 10.0 Å². The molecule has 2 amide bonds. The molecule has 1 aliphatic rings. The lowest BCUT2D eigenvalue weighted by atomic mass is 9.96. The average molecular weight is 451 g/mol. The molecule has 2 N–H and O–H groups in total. The number of anilines is 1. The van der Waals surface area contributed by atoms with E-state index in [0.29, 0.717) is 36.6 Å². The summed E-state index contributed by atoms with van der Waals surface area (Å²) < 4.78 is 27.4. The van der Waals surface area contributed by atoms with Crippen molar-refractivity contribution in [3.63, 3.8) is 0 Å². The summed E-state index contributed by atoms with van der Waals surface area (Å²) >= 11 is 1.35. The number of carbonyl (C=O) groups is 2. The molecule has 1 aromatic carbocycles. The van der Waals surface area contributed by atoms with E-state index in [1.165, 1.54) is 35.6 Å². The predicted octanol–water partition coefficient (Wildman–Crippen LogP) is 2.71. The number of rotatable bonds is 7. The number of hydrogen-bond donors (Lipinski definition) is 2. The third-order valence-electron chi connectivity index (χ3n) is 5.12. The van der Waals surface area contributed by atoms with Gasteiger partial charge in [0.15, 0.2) is 5.13 Å². The molecule has 8 nitrogen and oxygen atoms in total. The Balaban J connectivity index is 1.65. The first-order valence-corrected chi connectivity index (χ1v) is 12.3. The number of aromatic nitrogens is 1. The SMILES string of the molecule is CCC(C)NS(=O)(=O)c1ccc(C(=O)N2CCCC(C(=O)Nc3nccs3)C2)cc1. The molecular weight excluding hydrogens is 424 g/mol. The maximum absolute atomic E-state index is 12.9. The number of thiazole rings is 1. The van der Waals surface area contributed by atoms with Crippen molar-refractivity contribution in [1.29, 1.82) is 0 Å². The molecule has 30 heavy (non-hydrogen) atoms. The number of piperidine rings is 1. The second kappa shape index (κ2) is 9.67. The Hall–Kier alpha value is -2.30. The molecule has 0 aliphatic carbocycles. The normalized spacial score (nSPS) is 18.1. The number of sulfonamides is 1. The van der Waals surface area contributed by atoms with Crippen LogP contribution in [-0.2, 0) is 14.8 Å². The summed E-state index contributed by atoms with van der Waals surface area (Å²) in [6.45, 7) is 4.59. The lowest BCUT2D eigenvalue weighted by Gasteiger charge is -2.32. The van der Waals surface area contributed by atoms with Gasteiger partial charge in [-0.05, 0) is 50.5 Å². The van der Waals surface area contributed by atoms with Crippen LogP contribution in [0.25, 0.3) is 0 Å². The molecule has 2 atom stereocenters. The fourth-order valence-electron chi connectivity index (χ4n) is 3.24. The van der Waals surface area contributed by atoms with Gasteiger partial charge in [-0.2, -0.15) is 0 Å². The number of nitrogens with one attached hydrogen (secondary N) is 2. The smallest absolute Gasteiger partial charge is 0.253 e. The first-order valence-electron chi connectivity index (χ1n) is 9.92. The number of amides is 2. The number of carbonyl (C=O) groups excluding carboxylic acids is 2. The standard InChI is InChI=1S/C20H26N4O4S2/c1-3-14(2)23-30(27,28)17-8-6-15(7-9-17)19(26)24-11-4-5-16(13-24)18(25)22-20-21-10-12-29-20/h6-10,12,14,16,23H,3-5,11,13H2,1-2H3,(H,21,22,25). The number of nitrogens with zero attached hydrogens (tertiary/aromatic N) is 2. The van der Waals surface area contributed by atoms with Gasteiger partial charge in [0.25, 0.3) is 5.91 Å². The Morgan fingerprint density at radius 3 is 2.67 bits per heavy atom. The molecule has 1 aliphatic heterocycles. The van der Waals surface area contributed by atoms with Crippen molar-refractivity contribution in [2.75, 3.05) is 18.4 Å². The zero-order valence-electron chi connectivity index (χ0n) is 17.0. The van der Waals surface area contributed by atoms with Gasteiger partial charge in [0.2, 0.25) is 15.9 Å². The Labute approximate surface area is 180 Å². The van der Waals surface area contributed by atoms with Crippen LogP contribution in [0.1, 0.15) is 43.5 Å². The van der Waals surface area contributed by atoms with Crippen molar-refractivity contribution in [3.05, 3.63) is 41.4 Å². The van der Waals surface area contributed by atoms with E-state index in [1.54, 1.807) is 23.4 Å². The van der Waals surface area contributed by atoms with Crippen molar-refractivity contribution in [3.8, 4) is 0 Å². The topological polar surface area (TPSA) is 108 Å². The highest BCUT2D eigenvalue weighted by Crippen LogP contribution is 2.22. The van der Waals surface area contributed by atoms with Gasteiger partial charge < -0.3 is 10.2 Å². The highest BCUT2D eigenvalue weighted by molar-refractivity contribution is 7.89. The molecule has 2 unspecified atom stereocenters. The fourth-order valence-corrected chi connectivity index (χ4v) is 5.10. The van der Waals surface area contributed by atoms with Crippen LogP contribution in [0.5, 0.6) is 0 Å². The van der Waals surface area contributed by atoms with E-state index in [4.69, 9.17) is 0 Å². The van der Waals surface area contributed by atoms with E-state index < -0.39 is 10.0 Å². The van der Waals surface area contributed by atoms with E-state index in [1.807, 2.05) is 6.92 Å². The van der Waals surface area contributed by atoms with E-state index in [9.17, 15) is 18.0 Å². The van der Waals surface area contributed by atoms with Crippen LogP contribution in [-0.4, -0.2) is 49.2 Å². The van der Waals surface area contributed by atoms with Crippen molar-refractivity contribution >= 4 is 38.3 Å².